The lowest BCUT2D eigenvalue weighted by molar-refractivity contribution is -0.141. The second-order valence-corrected chi connectivity index (χ2v) is 8.51. The van der Waals surface area contributed by atoms with E-state index >= 15 is 0 Å². The Kier molecular flexibility index (Phi) is 16.2. The lowest BCUT2D eigenvalue weighted by atomic mass is 10.3. The Morgan fingerprint density at radius 3 is 1.06 bits per heavy atom. The highest BCUT2D eigenvalue weighted by Gasteiger charge is 2.21. The van der Waals surface area contributed by atoms with Crippen molar-refractivity contribution in [2.45, 2.75) is 26.7 Å². The van der Waals surface area contributed by atoms with Crippen LogP contribution in [0.25, 0.3) is 0 Å². The first-order valence-corrected chi connectivity index (χ1v) is 11.7. The van der Waals surface area contributed by atoms with Crippen molar-refractivity contribution in [2.24, 2.45) is 0 Å². The maximum atomic E-state index is 12.4. The molecule has 202 valence electrons. The molecule has 2 amide bonds. The summed E-state index contributed by atoms with van der Waals surface area (Å²) in [6.45, 7) is 4.13. The number of carboxylic acid groups (broad SMARTS) is 3. The molecule has 0 rings (SSSR count). The number of hydrogen-bond donors (Lipinski definition) is 3. The molecular weight excluding hydrogens is 462 g/mol. The van der Waals surface area contributed by atoms with Crippen LogP contribution in [0.5, 0.6) is 0 Å². The van der Waals surface area contributed by atoms with Crippen LogP contribution in [0.2, 0.25) is 0 Å². The molecule has 0 aliphatic heterocycles. The van der Waals surface area contributed by atoms with E-state index in [1.807, 2.05) is 13.8 Å². The second kappa shape index (κ2) is 17.6. The SMILES string of the molecule is CCCN(C)C(=O)CN(CCN(CCN(CC(=O)O)CC(=O)N(C)CCC)CC(=O)O)CC(=O)O. The van der Waals surface area contributed by atoms with E-state index in [2.05, 4.69) is 0 Å². The van der Waals surface area contributed by atoms with Gasteiger partial charge in [0.2, 0.25) is 11.8 Å². The van der Waals surface area contributed by atoms with E-state index in [0.717, 1.165) is 12.8 Å². The summed E-state index contributed by atoms with van der Waals surface area (Å²) in [6.07, 6.45) is 1.52. The minimum absolute atomic E-state index is 0.118. The summed E-state index contributed by atoms with van der Waals surface area (Å²) < 4.78 is 0. The topological polar surface area (TPSA) is 162 Å². The summed E-state index contributed by atoms with van der Waals surface area (Å²) in [6, 6.07) is 0. The molecule has 0 aliphatic carbocycles. The maximum Gasteiger partial charge on any atom is 0.317 e. The number of hydrogen-bond acceptors (Lipinski definition) is 8. The van der Waals surface area contributed by atoms with Gasteiger partial charge in [0, 0.05) is 53.4 Å². The molecule has 0 saturated heterocycles. The molecule has 0 spiro atoms. The van der Waals surface area contributed by atoms with Gasteiger partial charge in [-0.05, 0) is 12.8 Å². The van der Waals surface area contributed by atoms with Crippen molar-refractivity contribution in [2.75, 3.05) is 86.1 Å². The van der Waals surface area contributed by atoms with E-state index in [0.29, 0.717) is 13.1 Å². The normalized spacial score (nSPS) is 11.2. The summed E-state index contributed by atoms with van der Waals surface area (Å²) in [4.78, 5) is 66.0. The molecule has 13 heteroatoms. The number of carboxylic acids is 3. The molecular formula is C22H41N5O8. The van der Waals surface area contributed by atoms with Crippen LogP contribution in [0.3, 0.4) is 0 Å². The maximum absolute atomic E-state index is 12.4. The zero-order valence-corrected chi connectivity index (χ0v) is 21.3. The van der Waals surface area contributed by atoms with Crippen molar-refractivity contribution in [3.05, 3.63) is 0 Å². The summed E-state index contributed by atoms with van der Waals surface area (Å²) in [5.74, 6) is -3.79. The third kappa shape index (κ3) is 15.7. The standard InChI is InChI=1S/C22H41N5O8/c1-5-7-23(3)18(28)13-26(16-21(32)33)11-9-25(15-20(30)31)10-12-27(17-22(34)35)14-19(29)24(4)8-6-2/h5-17H2,1-4H3,(H,30,31)(H,32,33)(H,34,35). The van der Waals surface area contributed by atoms with Gasteiger partial charge in [-0.25, -0.2) is 0 Å². The molecule has 0 bridgehead atoms. The summed E-state index contributed by atoms with van der Waals surface area (Å²) in [7, 11) is 3.27. The zero-order chi connectivity index (χ0) is 27.0. The van der Waals surface area contributed by atoms with Crippen LogP contribution in [-0.4, -0.2) is 156 Å². The van der Waals surface area contributed by atoms with Gasteiger partial charge in [0.1, 0.15) is 0 Å². The highest BCUT2D eigenvalue weighted by atomic mass is 16.4. The van der Waals surface area contributed by atoms with Crippen molar-refractivity contribution < 1.29 is 39.3 Å². The zero-order valence-electron chi connectivity index (χ0n) is 21.3. The highest BCUT2D eigenvalue weighted by molar-refractivity contribution is 5.79. The summed E-state index contributed by atoms with van der Waals surface area (Å²) >= 11 is 0. The number of carbonyl (C=O) groups excluding carboxylic acids is 2. The molecule has 0 radical (unpaired) electrons. The Labute approximate surface area is 206 Å². The minimum Gasteiger partial charge on any atom is -0.480 e. The molecule has 0 saturated carbocycles. The quantitative estimate of drug-likeness (QED) is 0.184. The van der Waals surface area contributed by atoms with Crippen LogP contribution < -0.4 is 0 Å². The predicted octanol–water partition coefficient (Wildman–Crippen LogP) is -1.12. The highest BCUT2D eigenvalue weighted by Crippen LogP contribution is 2.00. The van der Waals surface area contributed by atoms with Crippen molar-refractivity contribution in [1.82, 2.24) is 24.5 Å². The molecule has 13 nitrogen and oxygen atoms in total. The van der Waals surface area contributed by atoms with Crippen LogP contribution in [0, 0.1) is 0 Å². The van der Waals surface area contributed by atoms with Gasteiger partial charge in [0.05, 0.1) is 32.7 Å². The number of amides is 2. The molecule has 0 unspecified atom stereocenters. The first-order chi connectivity index (χ1) is 16.4. The van der Waals surface area contributed by atoms with E-state index in [1.54, 1.807) is 14.1 Å². The molecule has 3 N–H and O–H groups in total. The Bertz CT molecular complexity index is 655. The molecule has 0 aromatic carbocycles. The number of rotatable bonds is 20. The van der Waals surface area contributed by atoms with Crippen molar-refractivity contribution in [1.29, 1.82) is 0 Å². The van der Waals surface area contributed by atoms with E-state index in [-0.39, 0.29) is 70.7 Å². The largest absolute Gasteiger partial charge is 0.480 e. The number of nitrogens with zero attached hydrogens (tertiary/aromatic N) is 5. The van der Waals surface area contributed by atoms with Crippen molar-refractivity contribution in [3.8, 4) is 0 Å². The third-order valence-corrected chi connectivity index (χ3v) is 5.23. The summed E-state index contributed by atoms with van der Waals surface area (Å²) in [5.41, 5.74) is 0. The predicted molar refractivity (Wildman–Crippen MR) is 128 cm³/mol. The second-order valence-electron chi connectivity index (χ2n) is 8.51. The Morgan fingerprint density at radius 2 is 0.771 bits per heavy atom. The molecule has 0 heterocycles. The van der Waals surface area contributed by atoms with Gasteiger partial charge in [-0.2, -0.15) is 0 Å². The minimum atomic E-state index is -1.11. The van der Waals surface area contributed by atoms with Crippen LogP contribution in [0.15, 0.2) is 0 Å². The van der Waals surface area contributed by atoms with Crippen LogP contribution >= 0.6 is 0 Å². The molecule has 0 fully saturated rings. The lowest BCUT2D eigenvalue weighted by Gasteiger charge is -2.29. The number of aliphatic carboxylic acids is 3. The van der Waals surface area contributed by atoms with Crippen LogP contribution in [-0.2, 0) is 24.0 Å². The lowest BCUT2D eigenvalue weighted by Crippen LogP contribution is -2.47. The number of likely N-dealkylation sites (N-methyl/N-ethyl adjacent to an activating group) is 2. The molecule has 0 atom stereocenters. The fraction of sp³-hybridized carbons (Fsp3) is 0.773. The molecule has 0 aromatic heterocycles. The summed E-state index contributed by atoms with van der Waals surface area (Å²) in [5, 5.41) is 27.7. The van der Waals surface area contributed by atoms with Gasteiger partial charge >= 0.3 is 17.9 Å². The van der Waals surface area contributed by atoms with Crippen molar-refractivity contribution in [3.63, 3.8) is 0 Å². The van der Waals surface area contributed by atoms with Gasteiger partial charge < -0.3 is 25.1 Å². The first kappa shape index (κ1) is 32.2. The van der Waals surface area contributed by atoms with E-state index in [1.165, 1.54) is 24.5 Å². The Hall–Kier alpha value is -2.77. The van der Waals surface area contributed by atoms with Crippen molar-refractivity contribution >= 4 is 29.7 Å². The van der Waals surface area contributed by atoms with Gasteiger partial charge in [0.25, 0.3) is 0 Å². The van der Waals surface area contributed by atoms with Gasteiger partial charge in [-0.3, -0.25) is 38.7 Å². The fourth-order valence-electron chi connectivity index (χ4n) is 3.38. The average molecular weight is 504 g/mol. The fourth-order valence-corrected chi connectivity index (χ4v) is 3.38. The Balaban J connectivity index is 5.20. The smallest absolute Gasteiger partial charge is 0.317 e. The molecule has 0 aromatic rings. The van der Waals surface area contributed by atoms with E-state index in [4.69, 9.17) is 0 Å². The van der Waals surface area contributed by atoms with Crippen LogP contribution in [0.4, 0.5) is 0 Å². The van der Waals surface area contributed by atoms with Gasteiger partial charge in [-0.15, -0.1) is 0 Å². The van der Waals surface area contributed by atoms with E-state index < -0.39 is 17.9 Å². The first-order valence-electron chi connectivity index (χ1n) is 11.7. The number of carbonyl (C=O) groups is 5. The van der Waals surface area contributed by atoms with Gasteiger partial charge in [-0.1, -0.05) is 13.8 Å². The average Bonchev–Trinajstić information content (AvgIpc) is 2.74. The monoisotopic (exact) mass is 503 g/mol. The third-order valence-electron chi connectivity index (χ3n) is 5.23. The van der Waals surface area contributed by atoms with Crippen LogP contribution in [0.1, 0.15) is 26.7 Å². The van der Waals surface area contributed by atoms with Gasteiger partial charge in [0.15, 0.2) is 0 Å². The van der Waals surface area contributed by atoms with E-state index in [9.17, 15) is 39.3 Å². The molecule has 35 heavy (non-hydrogen) atoms. The Morgan fingerprint density at radius 1 is 0.486 bits per heavy atom. The molecule has 0 aliphatic rings.